The highest BCUT2D eigenvalue weighted by Gasteiger charge is 2.28. The first-order valence-corrected chi connectivity index (χ1v) is 5.89. The third-order valence-corrected chi connectivity index (χ3v) is 3.30. The number of fused-ring (bicyclic) bond motifs is 1. The minimum absolute atomic E-state index is 0.713. The van der Waals surface area contributed by atoms with Gasteiger partial charge in [0.1, 0.15) is 5.82 Å². The van der Waals surface area contributed by atoms with Gasteiger partial charge in [-0.3, -0.25) is 0 Å². The Bertz CT molecular complexity index is 523. The second-order valence-corrected chi connectivity index (χ2v) is 4.66. The van der Waals surface area contributed by atoms with Gasteiger partial charge in [0.2, 0.25) is 0 Å². The van der Waals surface area contributed by atoms with E-state index in [1.54, 1.807) is 0 Å². The summed E-state index contributed by atoms with van der Waals surface area (Å²) in [5, 5.41) is 3.18. The van der Waals surface area contributed by atoms with Crippen molar-refractivity contribution >= 4 is 11.0 Å². The lowest BCUT2D eigenvalue weighted by atomic mass is 10.2. The Labute approximate surface area is 95.5 Å². The maximum atomic E-state index is 4.72. The standard InChI is InChI=1S/C13H17N3/c1-14-8-9-3-6-11-12(7-9)16(2)13(15-11)10-4-5-10/h3,6-7,10,14H,4-5,8H2,1-2H3. The monoisotopic (exact) mass is 215 g/mol. The molecule has 0 aliphatic heterocycles. The number of aryl methyl sites for hydroxylation is 1. The van der Waals surface area contributed by atoms with E-state index in [2.05, 4.69) is 35.1 Å². The molecule has 1 aliphatic rings. The molecule has 2 aromatic rings. The zero-order valence-electron chi connectivity index (χ0n) is 9.83. The predicted molar refractivity (Wildman–Crippen MR) is 65.5 cm³/mol. The molecule has 84 valence electrons. The lowest BCUT2D eigenvalue weighted by molar-refractivity contribution is 0.810. The maximum absolute atomic E-state index is 4.72. The highest BCUT2D eigenvalue weighted by Crippen LogP contribution is 2.40. The molecule has 0 amide bonds. The van der Waals surface area contributed by atoms with E-state index in [0.29, 0.717) is 5.92 Å². The second kappa shape index (κ2) is 3.59. The van der Waals surface area contributed by atoms with E-state index >= 15 is 0 Å². The number of hydrogen-bond acceptors (Lipinski definition) is 2. The van der Waals surface area contributed by atoms with Crippen molar-refractivity contribution in [2.45, 2.75) is 25.3 Å². The smallest absolute Gasteiger partial charge is 0.112 e. The van der Waals surface area contributed by atoms with Crippen molar-refractivity contribution in [3.8, 4) is 0 Å². The molecular formula is C13H17N3. The van der Waals surface area contributed by atoms with E-state index in [1.807, 2.05) is 7.05 Å². The van der Waals surface area contributed by atoms with E-state index < -0.39 is 0 Å². The third kappa shape index (κ3) is 1.52. The molecule has 1 aromatic heterocycles. The Morgan fingerprint density at radius 1 is 1.44 bits per heavy atom. The van der Waals surface area contributed by atoms with Gasteiger partial charge in [-0.2, -0.15) is 0 Å². The number of benzene rings is 1. The Kier molecular flexibility index (Phi) is 2.21. The van der Waals surface area contributed by atoms with Gasteiger partial charge >= 0.3 is 0 Å². The summed E-state index contributed by atoms with van der Waals surface area (Å²) in [6.07, 6.45) is 2.61. The minimum Gasteiger partial charge on any atom is -0.331 e. The average molecular weight is 215 g/mol. The molecule has 0 spiro atoms. The largest absolute Gasteiger partial charge is 0.331 e. The zero-order valence-corrected chi connectivity index (χ0v) is 9.83. The second-order valence-electron chi connectivity index (χ2n) is 4.66. The SMILES string of the molecule is CNCc1ccc2nc(C3CC3)n(C)c2c1. The average Bonchev–Trinajstić information content (AvgIpc) is 3.07. The lowest BCUT2D eigenvalue weighted by Gasteiger charge is -2.02. The summed E-state index contributed by atoms with van der Waals surface area (Å²) in [6, 6.07) is 6.53. The van der Waals surface area contributed by atoms with Gasteiger partial charge in [-0.1, -0.05) is 6.07 Å². The lowest BCUT2D eigenvalue weighted by Crippen LogP contribution is -2.04. The van der Waals surface area contributed by atoms with Crippen LogP contribution in [0.1, 0.15) is 30.1 Å². The van der Waals surface area contributed by atoms with Gasteiger partial charge in [0.05, 0.1) is 11.0 Å². The van der Waals surface area contributed by atoms with E-state index in [4.69, 9.17) is 4.98 Å². The van der Waals surface area contributed by atoms with Crippen LogP contribution in [0.25, 0.3) is 11.0 Å². The summed E-state index contributed by atoms with van der Waals surface area (Å²) in [4.78, 5) is 4.72. The number of rotatable bonds is 3. The van der Waals surface area contributed by atoms with Crippen LogP contribution in [0.15, 0.2) is 18.2 Å². The Hall–Kier alpha value is -1.35. The predicted octanol–water partition coefficient (Wildman–Crippen LogP) is 2.17. The van der Waals surface area contributed by atoms with Crippen molar-refractivity contribution < 1.29 is 0 Å². The van der Waals surface area contributed by atoms with Crippen LogP contribution in [0.3, 0.4) is 0 Å². The van der Waals surface area contributed by atoms with E-state index in [0.717, 1.165) is 12.1 Å². The van der Waals surface area contributed by atoms with Gasteiger partial charge in [-0.25, -0.2) is 4.98 Å². The molecule has 0 saturated heterocycles. The van der Waals surface area contributed by atoms with Crippen LogP contribution < -0.4 is 5.32 Å². The summed E-state index contributed by atoms with van der Waals surface area (Å²) >= 11 is 0. The number of nitrogens with one attached hydrogen (secondary N) is 1. The van der Waals surface area contributed by atoms with Crippen LogP contribution in [0.4, 0.5) is 0 Å². The van der Waals surface area contributed by atoms with Crippen molar-refractivity contribution in [1.82, 2.24) is 14.9 Å². The molecule has 3 nitrogen and oxygen atoms in total. The minimum atomic E-state index is 0.713. The topological polar surface area (TPSA) is 29.9 Å². The normalized spacial score (nSPS) is 15.9. The summed E-state index contributed by atoms with van der Waals surface area (Å²) < 4.78 is 2.26. The van der Waals surface area contributed by atoms with Crippen LogP contribution in [-0.2, 0) is 13.6 Å². The third-order valence-electron chi connectivity index (χ3n) is 3.30. The molecule has 0 bridgehead atoms. The Morgan fingerprint density at radius 3 is 2.94 bits per heavy atom. The molecule has 0 atom stereocenters. The van der Waals surface area contributed by atoms with Gasteiger partial charge in [-0.15, -0.1) is 0 Å². The highest BCUT2D eigenvalue weighted by molar-refractivity contribution is 5.77. The van der Waals surface area contributed by atoms with E-state index in [1.165, 1.54) is 29.7 Å². The van der Waals surface area contributed by atoms with Crippen molar-refractivity contribution in [1.29, 1.82) is 0 Å². The molecule has 1 fully saturated rings. The molecule has 1 saturated carbocycles. The number of hydrogen-bond donors (Lipinski definition) is 1. The molecule has 0 radical (unpaired) electrons. The molecule has 3 rings (SSSR count). The molecule has 1 heterocycles. The zero-order chi connectivity index (χ0) is 11.1. The summed E-state index contributed by atoms with van der Waals surface area (Å²) in [6.45, 7) is 0.917. The quantitative estimate of drug-likeness (QED) is 0.850. The van der Waals surface area contributed by atoms with Crippen LogP contribution in [-0.4, -0.2) is 16.6 Å². The van der Waals surface area contributed by atoms with Crippen molar-refractivity contribution in [3.05, 3.63) is 29.6 Å². The van der Waals surface area contributed by atoms with Gasteiger partial charge in [0.15, 0.2) is 0 Å². The van der Waals surface area contributed by atoms with Crippen LogP contribution >= 0.6 is 0 Å². The van der Waals surface area contributed by atoms with E-state index in [-0.39, 0.29) is 0 Å². The van der Waals surface area contributed by atoms with Crippen molar-refractivity contribution in [3.63, 3.8) is 0 Å². The highest BCUT2D eigenvalue weighted by atomic mass is 15.1. The van der Waals surface area contributed by atoms with Gasteiger partial charge in [0, 0.05) is 19.5 Å². The van der Waals surface area contributed by atoms with Gasteiger partial charge in [0.25, 0.3) is 0 Å². The fourth-order valence-electron chi connectivity index (χ4n) is 2.27. The molecule has 16 heavy (non-hydrogen) atoms. The van der Waals surface area contributed by atoms with Gasteiger partial charge < -0.3 is 9.88 Å². The van der Waals surface area contributed by atoms with Crippen molar-refractivity contribution in [2.75, 3.05) is 7.05 Å². The molecule has 0 unspecified atom stereocenters. The summed E-state index contributed by atoms with van der Waals surface area (Å²) in [7, 11) is 4.11. The molecule has 1 N–H and O–H groups in total. The van der Waals surface area contributed by atoms with Gasteiger partial charge in [-0.05, 0) is 37.6 Å². The van der Waals surface area contributed by atoms with Crippen molar-refractivity contribution in [2.24, 2.45) is 7.05 Å². The molecule has 1 aliphatic carbocycles. The van der Waals surface area contributed by atoms with Crippen LogP contribution in [0.5, 0.6) is 0 Å². The summed E-state index contributed by atoms with van der Waals surface area (Å²) in [5.74, 6) is 1.97. The molecule has 1 aromatic carbocycles. The van der Waals surface area contributed by atoms with E-state index in [9.17, 15) is 0 Å². The fraction of sp³-hybridized carbons (Fsp3) is 0.462. The fourth-order valence-corrected chi connectivity index (χ4v) is 2.27. The van der Waals surface area contributed by atoms with Crippen LogP contribution in [0.2, 0.25) is 0 Å². The molecule has 3 heteroatoms. The summed E-state index contributed by atoms with van der Waals surface area (Å²) in [5.41, 5.74) is 3.71. The van der Waals surface area contributed by atoms with Crippen LogP contribution in [0, 0.1) is 0 Å². The first kappa shape index (κ1) is 9.85. The number of nitrogens with zero attached hydrogens (tertiary/aromatic N) is 2. The Balaban J connectivity index is 2.11. The first-order chi connectivity index (χ1) is 7.79. The first-order valence-electron chi connectivity index (χ1n) is 5.89. The maximum Gasteiger partial charge on any atom is 0.112 e. The number of aromatic nitrogens is 2. The Morgan fingerprint density at radius 2 is 2.25 bits per heavy atom. The number of imidazole rings is 1. The molecular weight excluding hydrogens is 198 g/mol.